The van der Waals surface area contributed by atoms with Gasteiger partial charge in [-0.3, -0.25) is 9.36 Å². The highest BCUT2D eigenvalue weighted by Gasteiger charge is 2.19. The quantitative estimate of drug-likeness (QED) is 0.201. The summed E-state index contributed by atoms with van der Waals surface area (Å²) in [5, 5.41) is 3.97. The first-order valence-corrected chi connectivity index (χ1v) is 12.7. The Morgan fingerprint density at radius 1 is 0.969 bits per heavy atom. The van der Waals surface area contributed by atoms with E-state index in [1.165, 1.54) is 21.2 Å². The summed E-state index contributed by atoms with van der Waals surface area (Å²) in [4.78, 5) is 20.8. The Hall–Kier alpha value is -2.89. The van der Waals surface area contributed by atoms with Crippen molar-refractivity contribution in [3.8, 4) is 5.69 Å². The third-order valence-electron chi connectivity index (χ3n) is 5.71. The van der Waals surface area contributed by atoms with E-state index >= 15 is 0 Å². The number of fused-ring (bicyclic) bond motifs is 2. The van der Waals surface area contributed by atoms with E-state index in [0.717, 1.165) is 45.2 Å². The molecule has 0 bridgehead atoms. The van der Waals surface area contributed by atoms with Gasteiger partial charge in [0.2, 0.25) is 0 Å². The van der Waals surface area contributed by atoms with E-state index in [4.69, 9.17) is 4.98 Å². The van der Waals surface area contributed by atoms with E-state index in [9.17, 15) is 4.79 Å². The molecule has 2 aromatic heterocycles. The maximum Gasteiger partial charge on any atom is 0.267 e. The van der Waals surface area contributed by atoms with Gasteiger partial charge < -0.3 is 0 Å². The van der Waals surface area contributed by atoms with Crippen molar-refractivity contribution in [2.24, 2.45) is 0 Å². The SMILES string of the molecule is CCCc1sc2nc(SCc3ccc4ccccc4c3)n(-c3ccccc3)c(=O)c2c1C. The number of thioether (sulfide) groups is 1. The first-order valence-electron chi connectivity index (χ1n) is 10.9. The van der Waals surface area contributed by atoms with Crippen molar-refractivity contribution in [2.45, 2.75) is 37.6 Å². The first-order chi connectivity index (χ1) is 15.7. The second-order valence-electron chi connectivity index (χ2n) is 7.92. The van der Waals surface area contributed by atoms with Crippen LogP contribution in [-0.4, -0.2) is 9.55 Å². The van der Waals surface area contributed by atoms with Crippen molar-refractivity contribution in [3.63, 3.8) is 0 Å². The molecule has 3 aromatic carbocycles. The van der Waals surface area contributed by atoms with E-state index in [1.54, 1.807) is 27.7 Å². The fraction of sp³-hybridized carbons (Fsp3) is 0.185. The molecule has 2 heterocycles. The Morgan fingerprint density at radius 3 is 2.50 bits per heavy atom. The third kappa shape index (κ3) is 3.87. The van der Waals surface area contributed by atoms with Crippen LogP contribution in [0.25, 0.3) is 26.7 Å². The van der Waals surface area contributed by atoms with Gasteiger partial charge in [0.15, 0.2) is 5.16 Å². The summed E-state index contributed by atoms with van der Waals surface area (Å²) in [6.45, 7) is 4.23. The van der Waals surface area contributed by atoms with Gasteiger partial charge in [-0.25, -0.2) is 4.98 Å². The highest BCUT2D eigenvalue weighted by atomic mass is 32.2. The maximum absolute atomic E-state index is 13.7. The van der Waals surface area contributed by atoms with Crippen LogP contribution in [-0.2, 0) is 12.2 Å². The molecule has 5 rings (SSSR count). The summed E-state index contributed by atoms with van der Waals surface area (Å²) in [6.07, 6.45) is 2.04. The second-order valence-corrected chi connectivity index (χ2v) is 9.95. The van der Waals surface area contributed by atoms with Crippen LogP contribution in [0.15, 0.2) is 82.7 Å². The summed E-state index contributed by atoms with van der Waals surface area (Å²) in [5.41, 5.74) is 3.19. The summed E-state index contributed by atoms with van der Waals surface area (Å²) in [5.74, 6) is 0.752. The van der Waals surface area contributed by atoms with Gasteiger partial charge >= 0.3 is 0 Å². The molecule has 0 fully saturated rings. The normalized spacial score (nSPS) is 11.4. The minimum absolute atomic E-state index is 0.0262. The van der Waals surface area contributed by atoms with Crippen LogP contribution < -0.4 is 5.56 Å². The minimum Gasteiger partial charge on any atom is -0.268 e. The Labute approximate surface area is 195 Å². The summed E-state index contributed by atoms with van der Waals surface area (Å²) in [6, 6.07) is 24.8. The van der Waals surface area contributed by atoms with Crippen molar-refractivity contribution in [3.05, 3.63) is 99.2 Å². The van der Waals surface area contributed by atoms with Gasteiger partial charge in [0.05, 0.1) is 11.1 Å². The first kappa shape index (κ1) is 21.0. The zero-order valence-electron chi connectivity index (χ0n) is 18.2. The highest BCUT2D eigenvalue weighted by molar-refractivity contribution is 7.98. The molecule has 0 unspecified atom stereocenters. The van der Waals surface area contributed by atoms with Gasteiger partial charge in [-0.15, -0.1) is 11.3 Å². The fourth-order valence-corrected chi connectivity index (χ4v) is 6.33. The molecular weight excluding hydrogens is 432 g/mol. The highest BCUT2D eigenvalue weighted by Crippen LogP contribution is 2.32. The van der Waals surface area contributed by atoms with Crippen molar-refractivity contribution in [2.75, 3.05) is 0 Å². The number of aromatic nitrogens is 2. The van der Waals surface area contributed by atoms with E-state index in [2.05, 4.69) is 56.3 Å². The van der Waals surface area contributed by atoms with Gasteiger partial charge in [0, 0.05) is 10.6 Å². The smallest absolute Gasteiger partial charge is 0.267 e. The Balaban J connectivity index is 1.60. The molecule has 0 atom stereocenters. The van der Waals surface area contributed by atoms with Gasteiger partial charge in [-0.05, 0) is 47.4 Å². The van der Waals surface area contributed by atoms with Crippen molar-refractivity contribution < 1.29 is 0 Å². The number of thiophene rings is 1. The van der Waals surface area contributed by atoms with Crippen LogP contribution in [0, 0.1) is 6.92 Å². The fourth-order valence-electron chi connectivity index (χ4n) is 4.05. The largest absolute Gasteiger partial charge is 0.268 e. The van der Waals surface area contributed by atoms with Crippen molar-refractivity contribution in [1.29, 1.82) is 0 Å². The Morgan fingerprint density at radius 2 is 1.72 bits per heavy atom. The molecule has 160 valence electrons. The van der Waals surface area contributed by atoms with Crippen LogP contribution in [0.5, 0.6) is 0 Å². The monoisotopic (exact) mass is 456 g/mol. The Kier molecular flexibility index (Phi) is 5.85. The molecule has 5 aromatic rings. The van der Waals surface area contributed by atoms with E-state index in [1.807, 2.05) is 30.3 Å². The number of para-hydroxylation sites is 1. The number of nitrogens with zero attached hydrogens (tertiary/aromatic N) is 2. The van der Waals surface area contributed by atoms with Crippen LogP contribution in [0.4, 0.5) is 0 Å². The molecule has 0 aliphatic carbocycles. The zero-order valence-corrected chi connectivity index (χ0v) is 19.8. The number of hydrogen-bond acceptors (Lipinski definition) is 4. The number of hydrogen-bond donors (Lipinski definition) is 0. The molecule has 3 nitrogen and oxygen atoms in total. The van der Waals surface area contributed by atoms with E-state index in [0.29, 0.717) is 0 Å². The average molecular weight is 457 g/mol. The molecule has 5 heteroatoms. The second kappa shape index (κ2) is 8.93. The lowest BCUT2D eigenvalue weighted by molar-refractivity contribution is 0.821. The van der Waals surface area contributed by atoms with E-state index < -0.39 is 0 Å². The molecule has 0 amide bonds. The molecule has 0 saturated heterocycles. The molecule has 0 radical (unpaired) electrons. The minimum atomic E-state index is 0.0262. The molecule has 0 N–H and O–H groups in total. The molecule has 32 heavy (non-hydrogen) atoms. The molecule has 0 aliphatic rings. The van der Waals surface area contributed by atoms with Gasteiger partial charge in [-0.2, -0.15) is 0 Å². The lowest BCUT2D eigenvalue weighted by Gasteiger charge is -2.12. The number of benzene rings is 3. The van der Waals surface area contributed by atoms with Gasteiger partial charge in [0.25, 0.3) is 5.56 Å². The molecule has 0 saturated carbocycles. The lowest BCUT2D eigenvalue weighted by Crippen LogP contribution is -2.21. The van der Waals surface area contributed by atoms with Crippen LogP contribution >= 0.6 is 23.1 Å². The van der Waals surface area contributed by atoms with Crippen molar-refractivity contribution >= 4 is 44.1 Å². The van der Waals surface area contributed by atoms with Crippen LogP contribution in [0.2, 0.25) is 0 Å². The molecule has 0 spiro atoms. The predicted molar refractivity (Wildman–Crippen MR) is 137 cm³/mol. The maximum atomic E-state index is 13.7. The standard InChI is InChI=1S/C27H24N2OS2/c1-3-9-23-18(2)24-25(32-23)28-27(29(26(24)30)22-12-5-4-6-13-22)31-17-19-14-15-20-10-7-8-11-21(20)16-19/h4-8,10-16H,3,9,17H2,1-2H3. The lowest BCUT2D eigenvalue weighted by atomic mass is 10.1. The summed E-state index contributed by atoms with van der Waals surface area (Å²) in [7, 11) is 0. The number of aryl methyl sites for hydroxylation is 2. The molecular formula is C27H24N2OS2. The van der Waals surface area contributed by atoms with Gasteiger partial charge in [-0.1, -0.05) is 85.8 Å². The summed E-state index contributed by atoms with van der Waals surface area (Å²) >= 11 is 3.29. The van der Waals surface area contributed by atoms with Crippen LogP contribution in [0.3, 0.4) is 0 Å². The number of rotatable bonds is 6. The molecule has 0 aliphatic heterocycles. The van der Waals surface area contributed by atoms with Gasteiger partial charge in [0.1, 0.15) is 4.83 Å². The predicted octanol–water partition coefficient (Wildman–Crippen LogP) is 7.15. The zero-order chi connectivity index (χ0) is 22.1. The van der Waals surface area contributed by atoms with Crippen molar-refractivity contribution in [1.82, 2.24) is 9.55 Å². The Bertz CT molecular complexity index is 1470. The topological polar surface area (TPSA) is 34.9 Å². The van der Waals surface area contributed by atoms with E-state index in [-0.39, 0.29) is 5.56 Å². The summed E-state index contributed by atoms with van der Waals surface area (Å²) < 4.78 is 1.78. The third-order valence-corrected chi connectivity index (χ3v) is 7.96. The average Bonchev–Trinajstić information content (AvgIpc) is 3.13. The van der Waals surface area contributed by atoms with Crippen LogP contribution in [0.1, 0.15) is 29.3 Å².